The summed E-state index contributed by atoms with van der Waals surface area (Å²) in [7, 11) is 4.64. The van der Waals surface area contributed by atoms with Crippen molar-refractivity contribution in [3.05, 3.63) is 44.1 Å². The van der Waals surface area contributed by atoms with Crippen LogP contribution in [0.2, 0.25) is 0 Å². The molecule has 0 saturated carbocycles. The molecule has 3 rings (SSSR count). The Labute approximate surface area is 175 Å². The van der Waals surface area contributed by atoms with Crippen molar-refractivity contribution in [2.45, 2.75) is 38.8 Å². The highest BCUT2D eigenvalue weighted by Crippen LogP contribution is 2.42. The number of ether oxygens (including phenoxy) is 3. The van der Waals surface area contributed by atoms with Crippen LogP contribution >= 0.6 is 0 Å². The minimum Gasteiger partial charge on any atom is -0.493 e. The van der Waals surface area contributed by atoms with Crippen molar-refractivity contribution >= 4 is 5.82 Å². The lowest BCUT2D eigenvalue weighted by atomic mass is 9.97. The molecule has 0 radical (unpaired) electrons. The van der Waals surface area contributed by atoms with Crippen molar-refractivity contribution in [2.24, 2.45) is 0 Å². The van der Waals surface area contributed by atoms with Gasteiger partial charge in [0.05, 0.1) is 32.9 Å². The van der Waals surface area contributed by atoms with E-state index < -0.39 is 17.3 Å². The molecule has 9 heteroatoms. The minimum absolute atomic E-state index is 0.191. The first kappa shape index (κ1) is 21.8. The Hall–Kier alpha value is -2.94. The number of nitrogens with zero attached hydrogens (tertiary/aromatic N) is 2. The number of methoxy groups -OCH3 is 3. The Bertz CT molecular complexity index is 982. The summed E-state index contributed by atoms with van der Waals surface area (Å²) in [6, 6.07) is 3.21. The summed E-state index contributed by atoms with van der Waals surface area (Å²) < 4.78 is 17.9. The van der Waals surface area contributed by atoms with Crippen LogP contribution in [0.4, 0.5) is 5.82 Å². The molecule has 0 bridgehead atoms. The fourth-order valence-electron chi connectivity index (χ4n) is 4.13. The third-order valence-corrected chi connectivity index (χ3v) is 5.51. The molecule has 0 aliphatic carbocycles. The standard InChI is InChI=1S/C21H30N4O5/c1-5-8-25-19(22)16(20(26)23-21(25)27)17(24-9-6-7-10-24)13-11-14(28-2)18(30-4)15(12-13)29-3/h11-12,17H,5-10,22H2,1-4H3,(H,23,26,27)/t17-/m1/s1. The maximum atomic E-state index is 13.0. The van der Waals surface area contributed by atoms with E-state index in [1.165, 1.54) is 4.57 Å². The predicted octanol–water partition coefficient (Wildman–Crippen LogP) is 1.74. The lowest BCUT2D eigenvalue weighted by Crippen LogP contribution is -2.39. The number of likely N-dealkylation sites (tertiary alicyclic amines) is 1. The van der Waals surface area contributed by atoms with E-state index in [9.17, 15) is 9.59 Å². The van der Waals surface area contributed by atoms with Crippen LogP contribution in [0.15, 0.2) is 21.7 Å². The van der Waals surface area contributed by atoms with E-state index in [1.807, 2.05) is 19.1 Å². The molecule has 2 aromatic rings. The molecule has 1 atom stereocenters. The van der Waals surface area contributed by atoms with Crippen molar-refractivity contribution in [2.75, 3.05) is 40.2 Å². The van der Waals surface area contributed by atoms with Crippen LogP contribution < -0.4 is 31.2 Å². The van der Waals surface area contributed by atoms with Gasteiger partial charge in [0.25, 0.3) is 5.56 Å². The average Bonchev–Trinajstić information content (AvgIpc) is 3.27. The molecule has 164 valence electrons. The molecular weight excluding hydrogens is 388 g/mol. The predicted molar refractivity (Wildman–Crippen MR) is 115 cm³/mol. The van der Waals surface area contributed by atoms with E-state index in [0.29, 0.717) is 35.8 Å². The van der Waals surface area contributed by atoms with Gasteiger partial charge in [-0.3, -0.25) is 19.2 Å². The molecule has 0 spiro atoms. The molecule has 3 N–H and O–H groups in total. The number of anilines is 1. The number of H-pyrrole nitrogens is 1. The Balaban J connectivity index is 2.28. The van der Waals surface area contributed by atoms with E-state index >= 15 is 0 Å². The zero-order chi connectivity index (χ0) is 21.8. The van der Waals surface area contributed by atoms with Crippen LogP contribution in [0.3, 0.4) is 0 Å². The third-order valence-electron chi connectivity index (χ3n) is 5.51. The molecule has 1 fully saturated rings. The second kappa shape index (κ2) is 9.25. The molecule has 1 aromatic heterocycles. The van der Waals surface area contributed by atoms with E-state index in [4.69, 9.17) is 19.9 Å². The Morgan fingerprint density at radius 1 is 1.07 bits per heavy atom. The summed E-state index contributed by atoms with van der Waals surface area (Å²) >= 11 is 0. The fourth-order valence-corrected chi connectivity index (χ4v) is 4.13. The summed E-state index contributed by atoms with van der Waals surface area (Å²) in [5, 5.41) is 0. The summed E-state index contributed by atoms with van der Waals surface area (Å²) in [6.45, 7) is 4.00. The maximum absolute atomic E-state index is 13.0. The van der Waals surface area contributed by atoms with E-state index in [0.717, 1.165) is 31.5 Å². The van der Waals surface area contributed by atoms with Gasteiger partial charge < -0.3 is 19.9 Å². The number of nitrogens with two attached hydrogens (primary N) is 1. The fraction of sp³-hybridized carbons (Fsp3) is 0.524. The van der Waals surface area contributed by atoms with Gasteiger partial charge in [0, 0.05) is 6.54 Å². The van der Waals surface area contributed by atoms with Crippen molar-refractivity contribution in [3.8, 4) is 17.2 Å². The van der Waals surface area contributed by atoms with Gasteiger partial charge in [-0.25, -0.2) is 4.79 Å². The summed E-state index contributed by atoms with van der Waals surface area (Å²) in [6.07, 6.45) is 2.76. The van der Waals surface area contributed by atoms with Crippen LogP contribution in [0.1, 0.15) is 43.4 Å². The molecule has 9 nitrogen and oxygen atoms in total. The lowest BCUT2D eigenvalue weighted by molar-refractivity contribution is 0.275. The number of rotatable bonds is 8. The quantitative estimate of drug-likeness (QED) is 0.671. The molecule has 1 saturated heterocycles. The number of nitrogen functional groups attached to an aromatic ring is 1. The van der Waals surface area contributed by atoms with Gasteiger partial charge in [0.1, 0.15) is 5.82 Å². The highest BCUT2D eigenvalue weighted by Gasteiger charge is 2.32. The van der Waals surface area contributed by atoms with Gasteiger partial charge in [0.15, 0.2) is 11.5 Å². The molecule has 0 unspecified atom stereocenters. The highest BCUT2D eigenvalue weighted by molar-refractivity contribution is 5.57. The van der Waals surface area contributed by atoms with E-state index in [2.05, 4.69) is 9.88 Å². The highest BCUT2D eigenvalue weighted by atomic mass is 16.5. The molecule has 1 aliphatic rings. The number of hydrogen-bond acceptors (Lipinski definition) is 7. The normalized spacial score (nSPS) is 15.2. The minimum atomic E-state index is -0.492. The molecular formula is C21H30N4O5. The maximum Gasteiger partial charge on any atom is 0.329 e. The van der Waals surface area contributed by atoms with Crippen LogP contribution in [0, 0.1) is 0 Å². The summed E-state index contributed by atoms with van der Waals surface area (Å²) in [5.41, 5.74) is 6.58. The number of nitrogens with one attached hydrogen (secondary N) is 1. The molecule has 1 aliphatic heterocycles. The number of benzene rings is 1. The zero-order valence-corrected chi connectivity index (χ0v) is 18.0. The summed E-state index contributed by atoms with van der Waals surface area (Å²) in [5.74, 6) is 1.65. The van der Waals surface area contributed by atoms with Crippen molar-refractivity contribution < 1.29 is 14.2 Å². The monoisotopic (exact) mass is 418 g/mol. The van der Waals surface area contributed by atoms with Crippen molar-refractivity contribution in [3.63, 3.8) is 0 Å². The van der Waals surface area contributed by atoms with Crippen LogP contribution in [0.25, 0.3) is 0 Å². The molecule has 2 heterocycles. The zero-order valence-electron chi connectivity index (χ0n) is 18.0. The van der Waals surface area contributed by atoms with Gasteiger partial charge in [-0.15, -0.1) is 0 Å². The second-order valence-electron chi connectivity index (χ2n) is 7.31. The third kappa shape index (κ3) is 3.89. The van der Waals surface area contributed by atoms with Crippen LogP contribution in [-0.4, -0.2) is 48.9 Å². The van der Waals surface area contributed by atoms with E-state index in [1.54, 1.807) is 21.3 Å². The largest absolute Gasteiger partial charge is 0.493 e. The first-order valence-corrected chi connectivity index (χ1v) is 10.1. The number of hydrogen-bond donors (Lipinski definition) is 2. The average molecular weight is 418 g/mol. The lowest BCUT2D eigenvalue weighted by Gasteiger charge is -2.30. The van der Waals surface area contributed by atoms with E-state index in [-0.39, 0.29) is 5.82 Å². The van der Waals surface area contributed by atoms with Crippen LogP contribution in [-0.2, 0) is 6.54 Å². The number of aromatic amines is 1. The molecule has 0 amide bonds. The molecule has 30 heavy (non-hydrogen) atoms. The topological polar surface area (TPSA) is 112 Å². The molecule has 1 aromatic carbocycles. The van der Waals surface area contributed by atoms with Gasteiger partial charge in [0.2, 0.25) is 5.75 Å². The smallest absolute Gasteiger partial charge is 0.329 e. The Kier molecular flexibility index (Phi) is 6.71. The number of aromatic nitrogens is 2. The first-order chi connectivity index (χ1) is 14.5. The van der Waals surface area contributed by atoms with Crippen LogP contribution in [0.5, 0.6) is 17.2 Å². The van der Waals surface area contributed by atoms with Gasteiger partial charge >= 0.3 is 5.69 Å². The van der Waals surface area contributed by atoms with Crippen molar-refractivity contribution in [1.29, 1.82) is 0 Å². The van der Waals surface area contributed by atoms with Gasteiger partial charge in [-0.2, -0.15) is 0 Å². The summed E-state index contributed by atoms with van der Waals surface area (Å²) in [4.78, 5) is 29.9. The van der Waals surface area contributed by atoms with Gasteiger partial charge in [-0.1, -0.05) is 6.92 Å². The van der Waals surface area contributed by atoms with Crippen molar-refractivity contribution in [1.82, 2.24) is 14.5 Å². The second-order valence-corrected chi connectivity index (χ2v) is 7.31. The Morgan fingerprint density at radius 3 is 2.17 bits per heavy atom. The Morgan fingerprint density at radius 2 is 1.67 bits per heavy atom. The van der Waals surface area contributed by atoms with Gasteiger partial charge in [-0.05, 0) is 50.0 Å². The first-order valence-electron chi connectivity index (χ1n) is 10.1. The SMILES string of the molecule is CCCn1c(N)c([C@@H](c2cc(OC)c(OC)c(OC)c2)N2CCCC2)c(=O)[nH]c1=O.